The van der Waals surface area contributed by atoms with Crippen LogP contribution >= 0.6 is 0 Å². The molecule has 0 heterocycles. The van der Waals surface area contributed by atoms with Crippen LogP contribution in [0.25, 0.3) is 0 Å². The van der Waals surface area contributed by atoms with Gasteiger partial charge in [-0.05, 0) is 29.7 Å². The highest BCUT2D eigenvalue weighted by atomic mass is 16.6. The number of carbonyl (C=O) groups excluding carboxylic acids is 1. The summed E-state index contributed by atoms with van der Waals surface area (Å²) in [5.41, 5.74) is 2.11. The molecule has 138 valence electrons. The van der Waals surface area contributed by atoms with Crippen molar-refractivity contribution < 1.29 is 9.72 Å². The molecule has 6 heteroatoms. The zero-order chi connectivity index (χ0) is 19.3. The van der Waals surface area contributed by atoms with Gasteiger partial charge in [0.05, 0.1) is 4.92 Å². The molecular weight excluding hydrogens is 330 g/mol. The second-order valence-electron chi connectivity index (χ2n) is 7.13. The number of carbonyl (C=O) groups is 1. The Morgan fingerprint density at radius 1 is 1.15 bits per heavy atom. The average Bonchev–Trinajstić information content (AvgIpc) is 2.59. The van der Waals surface area contributed by atoms with Crippen molar-refractivity contribution in [3.05, 3.63) is 69.3 Å². The molecule has 26 heavy (non-hydrogen) atoms. The number of nitrogens with one attached hydrogen (secondary N) is 2. The summed E-state index contributed by atoms with van der Waals surface area (Å²) in [6.07, 6.45) is 0. The molecule has 0 aromatic heterocycles. The van der Waals surface area contributed by atoms with Gasteiger partial charge in [0.15, 0.2) is 0 Å². The number of anilines is 1. The van der Waals surface area contributed by atoms with E-state index in [2.05, 4.69) is 10.6 Å². The number of nitrogens with zero attached hydrogens (tertiary/aromatic N) is 1. The van der Waals surface area contributed by atoms with Crippen LogP contribution in [0.15, 0.2) is 42.5 Å². The molecule has 0 saturated carbocycles. The van der Waals surface area contributed by atoms with Gasteiger partial charge in [0.2, 0.25) is 0 Å². The Labute approximate surface area is 153 Å². The molecule has 2 aromatic carbocycles. The van der Waals surface area contributed by atoms with Gasteiger partial charge in [-0.15, -0.1) is 0 Å². The van der Waals surface area contributed by atoms with E-state index in [1.54, 1.807) is 12.1 Å². The minimum Gasteiger partial charge on any atom is -0.322 e. The first-order chi connectivity index (χ1) is 12.2. The SMILES string of the molecule is CCNCc1ccccc1NC(=O)c1ccc(C(C)(C)C)c([N+](=O)[O-])c1. The maximum Gasteiger partial charge on any atom is 0.273 e. The first kappa shape index (κ1) is 19.6. The molecule has 0 spiro atoms. The average molecular weight is 355 g/mol. The molecule has 0 aliphatic rings. The number of nitro benzene ring substituents is 1. The molecule has 0 atom stereocenters. The molecule has 1 amide bonds. The van der Waals surface area contributed by atoms with Crippen LogP contribution in [0.4, 0.5) is 11.4 Å². The lowest BCUT2D eigenvalue weighted by Gasteiger charge is -2.19. The molecule has 0 bridgehead atoms. The van der Waals surface area contributed by atoms with E-state index in [-0.39, 0.29) is 22.6 Å². The number of benzene rings is 2. The van der Waals surface area contributed by atoms with Crippen molar-refractivity contribution in [1.29, 1.82) is 0 Å². The van der Waals surface area contributed by atoms with E-state index in [0.29, 0.717) is 17.8 Å². The van der Waals surface area contributed by atoms with Gasteiger partial charge in [-0.25, -0.2) is 0 Å². The van der Waals surface area contributed by atoms with Crippen LogP contribution in [-0.2, 0) is 12.0 Å². The molecular formula is C20H25N3O3. The Morgan fingerprint density at radius 3 is 2.46 bits per heavy atom. The maximum absolute atomic E-state index is 12.6. The van der Waals surface area contributed by atoms with E-state index in [4.69, 9.17) is 0 Å². The van der Waals surface area contributed by atoms with Crippen LogP contribution in [0.2, 0.25) is 0 Å². The summed E-state index contributed by atoms with van der Waals surface area (Å²) in [5, 5.41) is 17.5. The quantitative estimate of drug-likeness (QED) is 0.599. The summed E-state index contributed by atoms with van der Waals surface area (Å²) >= 11 is 0. The van der Waals surface area contributed by atoms with E-state index in [1.165, 1.54) is 6.07 Å². The number of hydrogen-bond acceptors (Lipinski definition) is 4. The van der Waals surface area contributed by atoms with Crippen molar-refractivity contribution in [3.63, 3.8) is 0 Å². The highest BCUT2D eigenvalue weighted by Gasteiger charge is 2.26. The van der Waals surface area contributed by atoms with Gasteiger partial charge in [-0.1, -0.05) is 52.0 Å². The normalized spacial score (nSPS) is 11.2. The number of nitro groups is 1. The maximum atomic E-state index is 12.6. The van der Waals surface area contributed by atoms with Crippen molar-refractivity contribution >= 4 is 17.3 Å². The first-order valence-electron chi connectivity index (χ1n) is 8.63. The number of rotatable bonds is 6. The minimum absolute atomic E-state index is 0.0360. The van der Waals surface area contributed by atoms with Crippen molar-refractivity contribution in [2.75, 3.05) is 11.9 Å². The zero-order valence-corrected chi connectivity index (χ0v) is 15.6. The summed E-state index contributed by atoms with van der Waals surface area (Å²) < 4.78 is 0. The lowest BCUT2D eigenvalue weighted by atomic mass is 9.85. The third-order valence-corrected chi connectivity index (χ3v) is 4.10. The Morgan fingerprint density at radius 2 is 1.85 bits per heavy atom. The molecule has 2 rings (SSSR count). The van der Waals surface area contributed by atoms with Crippen LogP contribution in [0, 0.1) is 10.1 Å². The largest absolute Gasteiger partial charge is 0.322 e. The zero-order valence-electron chi connectivity index (χ0n) is 15.6. The van der Waals surface area contributed by atoms with Crippen molar-refractivity contribution in [2.45, 2.75) is 39.7 Å². The summed E-state index contributed by atoms with van der Waals surface area (Å²) in [7, 11) is 0. The predicted octanol–water partition coefficient (Wildman–Crippen LogP) is 4.25. The van der Waals surface area contributed by atoms with Crippen molar-refractivity contribution in [3.8, 4) is 0 Å². The minimum atomic E-state index is -0.434. The topological polar surface area (TPSA) is 84.3 Å². The fourth-order valence-electron chi connectivity index (χ4n) is 2.71. The number of hydrogen-bond donors (Lipinski definition) is 2. The fraction of sp³-hybridized carbons (Fsp3) is 0.350. The molecule has 0 aliphatic heterocycles. The van der Waals surface area contributed by atoms with Gasteiger partial charge in [-0.3, -0.25) is 14.9 Å². The van der Waals surface area contributed by atoms with Gasteiger partial charge < -0.3 is 10.6 Å². The Kier molecular flexibility index (Phi) is 6.10. The standard InChI is InChI=1S/C20H25N3O3/c1-5-21-13-15-8-6-7-9-17(15)22-19(24)14-10-11-16(20(2,3)4)18(12-14)23(25)26/h6-12,21H,5,13H2,1-4H3,(H,22,24). The van der Waals surface area contributed by atoms with Crippen LogP contribution < -0.4 is 10.6 Å². The van der Waals surface area contributed by atoms with Crippen molar-refractivity contribution in [1.82, 2.24) is 5.32 Å². The summed E-state index contributed by atoms with van der Waals surface area (Å²) in [4.78, 5) is 23.6. The van der Waals surface area contributed by atoms with E-state index in [1.807, 2.05) is 52.0 Å². The molecule has 6 nitrogen and oxygen atoms in total. The molecule has 0 aliphatic carbocycles. The molecule has 0 unspecified atom stereocenters. The highest BCUT2D eigenvalue weighted by Crippen LogP contribution is 2.32. The lowest BCUT2D eigenvalue weighted by molar-refractivity contribution is -0.386. The molecule has 0 fully saturated rings. The predicted molar refractivity (Wildman–Crippen MR) is 104 cm³/mol. The third-order valence-electron chi connectivity index (χ3n) is 4.10. The lowest BCUT2D eigenvalue weighted by Crippen LogP contribution is -2.18. The van der Waals surface area contributed by atoms with Crippen LogP contribution in [0.5, 0.6) is 0 Å². The summed E-state index contributed by atoms with van der Waals surface area (Å²) in [6, 6.07) is 12.2. The number of para-hydroxylation sites is 1. The highest BCUT2D eigenvalue weighted by molar-refractivity contribution is 6.05. The third kappa shape index (κ3) is 4.67. The number of amides is 1. The summed E-state index contributed by atoms with van der Waals surface area (Å²) in [6.45, 7) is 9.19. The van der Waals surface area contributed by atoms with E-state index >= 15 is 0 Å². The van der Waals surface area contributed by atoms with Gasteiger partial charge >= 0.3 is 0 Å². The van der Waals surface area contributed by atoms with E-state index in [0.717, 1.165) is 12.1 Å². The Hall–Kier alpha value is -2.73. The van der Waals surface area contributed by atoms with Crippen LogP contribution in [0.1, 0.15) is 49.2 Å². The fourth-order valence-corrected chi connectivity index (χ4v) is 2.71. The Balaban J connectivity index is 2.31. The first-order valence-corrected chi connectivity index (χ1v) is 8.63. The second kappa shape index (κ2) is 8.10. The van der Waals surface area contributed by atoms with E-state index < -0.39 is 4.92 Å². The summed E-state index contributed by atoms with van der Waals surface area (Å²) in [5.74, 6) is -0.363. The second-order valence-corrected chi connectivity index (χ2v) is 7.13. The van der Waals surface area contributed by atoms with Gasteiger partial charge in [0.25, 0.3) is 11.6 Å². The van der Waals surface area contributed by atoms with Crippen molar-refractivity contribution in [2.24, 2.45) is 0 Å². The smallest absolute Gasteiger partial charge is 0.273 e. The van der Waals surface area contributed by atoms with Crippen LogP contribution in [0.3, 0.4) is 0 Å². The Bertz CT molecular complexity index is 810. The van der Waals surface area contributed by atoms with Gasteiger partial charge in [-0.2, -0.15) is 0 Å². The molecule has 0 radical (unpaired) electrons. The molecule has 0 saturated heterocycles. The van der Waals surface area contributed by atoms with Crippen LogP contribution in [-0.4, -0.2) is 17.4 Å². The van der Waals surface area contributed by atoms with Gasteiger partial charge in [0.1, 0.15) is 0 Å². The molecule has 2 N–H and O–H groups in total. The van der Waals surface area contributed by atoms with E-state index in [9.17, 15) is 14.9 Å². The monoisotopic (exact) mass is 355 g/mol. The van der Waals surface area contributed by atoms with Gasteiger partial charge in [0, 0.05) is 29.4 Å². The molecule has 2 aromatic rings.